The van der Waals surface area contributed by atoms with E-state index in [1.54, 1.807) is 4.90 Å². The summed E-state index contributed by atoms with van der Waals surface area (Å²) in [5, 5.41) is 15.5. The summed E-state index contributed by atoms with van der Waals surface area (Å²) in [6.45, 7) is 15.3. The van der Waals surface area contributed by atoms with Crippen LogP contribution in [-0.2, 0) is 19.1 Å². The van der Waals surface area contributed by atoms with Crippen LogP contribution in [0.2, 0.25) is 0 Å². The summed E-state index contributed by atoms with van der Waals surface area (Å²) < 4.78 is 6.61. The maximum absolute atomic E-state index is 13.9. The number of rotatable bonds is 10. The summed E-state index contributed by atoms with van der Waals surface area (Å²) >= 11 is 0. The van der Waals surface area contributed by atoms with E-state index in [-0.39, 0.29) is 29.7 Å². The molecule has 34 heavy (non-hydrogen) atoms. The second-order valence-electron chi connectivity index (χ2n) is 12.6. The summed E-state index contributed by atoms with van der Waals surface area (Å²) in [6.07, 6.45) is 3.93. The van der Waals surface area contributed by atoms with E-state index in [4.69, 9.17) is 4.74 Å². The number of hydrogen-bond acceptors (Lipinski definition) is 5. The predicted octanol–water partition coefficient (Wildman–Crippen LogP) is 2.38. The molecular formula is C26H45N3O5. The van der Waals surface area contributed by atoms with E-state index in [1.807, 2.05) is 27.7 Å². The molecule has 3 saturated heterocycles. The van der Waals surface area contributed by atoms with Crippen LogP contribution in [-0.4, -0.2) is 70.2 Å². The smallest absolute Gasteiger partial charge is 0.246 e. The Hall–Kier alpha value is -1.67. The Bertz CT molecular complexity index is 807. The van der Waals surface area contributed by atoms with Crippen LogP contribution >= 0.6 is 0 Å². The Morgan fingerprint density at radius 3 is 2.41 bits per heavy atom. The summed E-state index contributed by atoms with van der Waals surface area (Å²) in [7, 11) is 0. The number of likely N-dealkylation sites (tertiary alicyclic amines) is 1. The number of amides is 3. The molecule has 0 radical (unpaired) electrons. The average molecular weight is 480 g/mol. The van der Waals surface area contributed by atoms with Gasteiger partial charge in [-0.05, 0) is 64.7 Å². The molecule has 2 unspecified atom stereocenters. The summed E-state index contributed by atoms with van der Waals surface area (Å²) in [5.41, 5.74) is -2.21. The highest BCUT2D eigenvalue weighted by atomic mass is 16.5. The van der Waals surface area contributed by atoms with Gasteiger partial charge in [0, 0.05) is 25.2 Å². The van der Waals surface area contributed by atoms with Crippen LogP contribution < -0.4 is 10.6 Å². The molecule has 2 bridgehead atoms. The third-order valence-electron chi connectivity index (χ3n) is 7.60. The van der Waals surface area contributed by atoms with Gasteiger partial charge in [-0.25, -0.2) is 0 Å². The van der Waals surface area contributed by atoms with Crippen LogP contribution in [0.5, 0.6) is 0 Å². The van der Waals surface area contributed by atoms with Crippen molar-refractivity contribution in [2.24, 2.45) is 17.3 Å². The molecule has 0 aromatic rings. The van der Waals surface area contributed by atoms with Crippen molar-refractivity contribution >= 4 is 17.7 Å². The van der Waals surface area contributed by atoms with Gasteiger partial charge in [0.15, 0.2) is 0 Å². The average Bonchev–Trinajstić information content (AvgIpc) is 3.25. The molecule has 3 rings (SSSR count). The van der Waals surface area contributed by atoms with Gasteiger partial charge < -0.3 is 25.4 Å². The van der Waals surface area contributed by atoms with Crippen molar-refractivity contribution in [3.63, 3.8) is 0 Å². The number of nitrogens with zero attached hydrogens (tertiary/aromatic N) is 1. The Labute approximate surface area is 204 Å². The lowest BCUT2D eigenvalue weighted by Crippen LogP contribution is -2.59. The van der Waals surface area contributed by atoms with Gasteiger partial charge in [0.05, 0.1) is 17.4 Å². The lowest BCUT2D eigenvalue weighted by atomic mass is 9.66. The molecule has 3 heterocycles. The second kappa shape index (κ2) is 9.41. The summed E-state index contributed by atoms with van der Waals surface area (Å²) in [5.74, 6) is -1.83. The highest BCUT2D eigenvalue weighted by Gasteiger charge is 2.77. The molecule has 194 valence electrons. The van der Waals surface area contributed by atoms with Crippen molar-refractivity contribution < 1.29 is 24.2 Å². The van der Waals surface area contributed by atoms with Crippen molar-refractivity contribution in [1.82, 2.24) is 15.5 Å². The molecule has 0 aliphatic carbocycles. The maximum Gasteiger partial charge on any atom is 0.246 e. The normalized spacial score (nSPS) is 32.8. The number of fused-ring (bicyclic) bond motifs is 1. The number of carbonyl (C=O) groups excluding carboxylic acids is 3. The largest absolute Gasteiger partial charge is 0.396 e. The molecule has 5 atom stereocenters. The number of aliphatic hydroxyl groups excluding tert-OH is 1. The Balaban J connectivity index is 1.96. The van der Waals surface area contributed by atoms with Crippen molar-refractivity contribution in [2.75, 3.05) is 19.7 Å². The van der Waals surface area contributed by atoms with Crippen LogP contribution in [0.1, 0.15) is 87.0 Å². The van der Waals surface area contributed by atoms with Gasteiger partial charge in [0.2, 0.25) is 17.7 Å². The van der Waals surface area contributed by atoms with E-state index in [9.17, 15) is 19.5 Å². The maximum atomic E-state index is 13.9. The van der Waals surface area contributed by atoms with E-state index < -0.39 is 34.6 Å². The van der Waals surface area contributed by atoms with Crippen LogP contribution in [0.3, 0.4) is 0 Å². The highest BCUT2D eigenvalue weighted by molar-refractivity contribution is 5.99. The molecule has 3 aliphatic heterocycles. The molecule has 8 nitrogen and oxygen atoms in total. The van der Waals surface area contributed by atoms with E-state index in [0.717, 1.165) is 12.8 Å². The minimum absolute atomic E-state index is 0.0160. The number of carbonyl (C=O) groups is 3. The summed E-state index contributed by atoms with van der Waals surface area (Å²) in [6, 6.07) is -0.784. The van der Waals surface area contributed by atoms with Gasteiger partial charge in [-0.3, -0.25) is 14.4 Å². The molecule has 3 fully saturated rings. The van der Waals surface area contributed by atoms with Crippen molar-refractivity contribution in [2.45, 2.75) is 110 Å². The Morgan fingerprint density at radius 1 is 1.15 bits per heavy atom. The summed E-state index contributed by atoms with van der Waals surface area (Å²) in [4.78, 5) is 42.6. The number of hydrogen-bond donors (Lipinski definition) is 3. The number of nitrogens with one attached hydrogen (secondary N) is 2. The molecule has 3 amide bonds. The van der Waals surface area contributed by atoms with E-state index in [2.05, 4.69) is 31.4 Å². The molecule has 3 aliphatic rings. The van der Waals surface area contributed by atoms with Crippen molar-refractivity contribution in [3.8, 4) is 0 Å². The standard InChI is InChI=1S/C26H45N3O5/c1-8-13-27-20(31)17-18-22(33)29(14-9-10-15-30)19(26(18)12-11-25(17,7)34-26)21(32)28-24(5,6)16-23(2,3)4/h17-19,30H,8-16H2,1-7H3,(H,27,31)(H,28,32)/t17-,18+,19?,25+,26?/m1/s1. The topological polar surface area (TPSA) is 108 Å². The minimum Gasteiger partial charge on any atom is -0.396 e. The molecule has 0 aromatic carbocycles. The number of unbranched alkanes of at least 4 members (excludes halogenated alkanes) is 1. The third kappa shape index (κ3) is 4.85. The Morgan fingerprint density at radius 2 is 1.82 bits per heavy atom. The van der Waals surface area contributed by atoms with Gasteiger partial charge in [-0.15, -0.1) is 0 Å². The quantitative estimate of drug-likeness (QED) is 0.417. The molecule has 3 N–H and O–H groups in total. The monoisotopic (exact) mass is 479 g/mol. The van der Waals surface area contributed by atoms with Gasteiger partial charge >= 0.3 is 0 Å². The fraction of sp³-hybridized carbons (Fsp3) is 0.885. The van der Waals surface area contributed by atoms with Gasteiger partial charge in [-0.1, -0.05) is 27.7 Å². The first-order valence-corrected chi connectivity index (χ1v) is 12.9. The van der Waals surface area contributed by atoms with Crippen molar-refractivity contribution in [1.29, 1.82) is 0 Å². The first kappa shape index (κ1) is 26.9. The zero-order chi connectivity index (χ0) is 25.5. The SMILES string of the molecule is CCCNC(=O)[C@H]1[C@H]2C(=O)N(CCCCO)C(C(=O)NC(C)(C)CC(C)(C)C)C23CC[C@]1(C)O3. The molecular weight excluding hydrogens is 434 g/mol. The Kier molecular flexibility index (Phi) is 7.46. The van der Waals surface area contributed by atoms with Crippen LogP contribution in [0, 0.1) is 17.3 Å². The first-order chi connectivity index (χ1) is 15.7. The van der Waals surface area contributed by atoms with Crippen molar-refractivity contribution in [3.05, 3.63) is 0 Å². The van der Waals surface area contributed by atoms with Crippen LogP contribution in [0.15, 0.2) is 0 Å². The van der Waals surface area contributed by atoms with E-state index in [0.29, 0.717) is 38.8 Å². The van der Waals surface area contributed by atoms with Crippen LogP contribution in [0.4, 0.5) is 0 Å². The lowest BCUT2D eigenvalue weighted by molar-refractivity contribution is -0.147. The minimum atomic E-state index is -0.999. The third-order valence-corrected chi connectivity index (χ3v) is 7.60. The highest BCUT2D eigenvalue weighted by Crippen LogP contribution is 2.63. The number of ether oxygens (including phenoxy) is 1. The molecule has 0 saturated carbocycles. The molecule has 0 aromatic heterocycles. The zero-order valence-electron chi connectivity index (χ0n) is 22.1. The lowest BCUT2D eigenvalue weighted by Gasteiger charge is -2.38. The second-order valence-corrected chi connectivity index (χ2v) is 12.6. The van der Waals surface area contributed by atoms with E-state index >= 15 is 0 Å². The van der Waals surface area contributed by atoms with Gasteiger partial charge in [-0.2, -0.15) is 0 Å². The van der Waals surface area contributed by atoms with Gasteiger partial charge in [0.25, 0.3) is 0 Å². The molecule has 8 heteroatoms. The van der Waals surface area contributed by atoms with E-state index in [1.165, 1.54) is 0 Å². The predicted molar refractivity (Wildman–Crippen MR) is 130 cm³/mol. The zero-order valence-corrected chi connectivity index (χ0v) is 22.1. The van der Waals surface area contributed by atoms with Crippen LogP contribution in [0.25, 0.3) is 0 Å². The number of aliphatic hydroxyl groups is 1. The fourth-order valence-corrected chi connectivity index (χ4v) is 6.89. The fourth-order valence-electron chi connectivity index (χ4n) is 6.89. The molecule has 1 spiro atoms. The van der Waals surface area contributed by atoms with Gasteiger partial charge in [0.1, 0.15) is 11.6 Å². The first-order valence-electron chi connectivity index (χ1n) is 12.9.